The minimum atomic E-state index is -0.988. The van der Waals surface area contributed by atoms with Gasteiger partial charge in [0.05, 0.1) is 0 Å². The van der Waals surface area contributed by atoms with E-state index in [1.807, 2.05) is 6.92 Å². The number of rotatable bonds is 4. The van der Waals surface area contributed by atoms with Gasteiger partial charge in [-0.2, -0.15) is 0 Å². The third-order valence-corrected chi connectivity index (χ3v) is 4.41. The molecular formula is C13H22N2O3. The molecule has 18 heavy (non-hydrogen) atoms. The zero-order chi connectivity index (χ0) is 13.3. The first-order valence-corrected chi connectivity index (χ1v) is 6.76. The quantitative estimate of drug-likeness (QED) is 0.806. The van der Waals surface area contributed by atoms with Gasteiger partial charge in [0.1, 0.15) is 0 Å². The predicted octanol–water partition coefficient (Wildman–Crippen LogP) is 0.794. The lowest BCUT2D eigenvalue weighted by Crippen LogP contribution is -2.71. The van der Waals surface area contributed by atoms with E-state index in [-0.39, 0.29) is 11.8 Å². The number of fused-ring (bicyclic) bond motifs is 3. The average Bonchev–Trinajstić information content (AvgIpc) is 2.36. The number of hydrogen-bond donors (Lipinski definition) is 1. The van der Waals surface area contributed by atoms with Crippen molar-refractivity contribution < 1.29 is 14.7 Å². The molecule has 3 rings (SSSR count). The number of nitrogens with zero attached hydrogens (tertiary/aromatic N) is 2. The summed E-state index contributed by atoms with van der Waals surface area (Å²) in [5.74, 6) is -0.844. The maximum Gasteiger partial charge on any atom is 0.331 e. The zero-order valence-corrected chi connectivity index (χ0v) is 11.2. The van der Waals surface area contributed by atoms with Gasteiger partial charge in [0, 0.05) is 20.0 Å². The topological polar surface area (TPSA) is 60.9 Å². The first kappa shape index (κ1) is 13.3. The Bertz CT molecular complexity index is 350. The van der Waals surface area contributed by atoms with Gasteiger partial charge >= 0.3 is 5.97 Å². The molecule has 1 N–H and O–H groups in total. The van der Waals surface area contributed by atoms with Gasteiger partial charge in [-0.15, -0.1) is 0 Å². The molecule has 3 aliphatic rings. The molecule has 5 heteroatoms. The van der Waals surface area contributed by atoms with E-state index in [2.05, 4.69) is 4.90 Å². The number of carboxylic acids is 1. The van der Waals surface area contributed by atoms with Crippen molar-refractivity contribution in [2.24, 2.45) is 5.92 Å². The number of carboxylic acid groups (broad SMARTS) is 1. The number of amides is 1. The lowest BCUT2D eigenvalue weighted by Gasteiger charge is -2.55. The highest BCUT2D eigenvalue weighted by atomic mass is 16.4. The molecule has 0 saturated carbocycles. The van der Waals surface area contributed by atoms with Crippen molar-refractivity contribution in [1.82, 2.24) is 9.80 Å². The van der Waals surface area contributed by atoms with Gasteiger partial charge in [-0.05, 0) is 38.3 Å². The summed E-state index contributed by atoms with van der Waals surface area (Å²) in [6.45, 7) is 6.43. The maximum atomic E-state index is 11.9. The van der Waals surface area contributed by atoms with E-state index in [1.54, 1.807) is 4.90 Å². The lowest BCUT2D eigenvalue weighted by atomic mass is 9.71. The molecule has 0 aromatic rings. The highest BCUT2D eigenvalue weighted by Crippen LogP contribution is 2.40. The summed E-state index contributed by atoms with van der Waals surface area (Å²) in [5.41, 5.74) is -0.988. The Kier molecular flexibility index (Phi) is 3.61. The summed E-state index contributed by atoms with van der Waals surface area (Å²) in [7, 11) is 0. The van der Waals surface area contributed by atoms with Crippen LogP contribution in [0.15, 0.2) is 0 Å². The van der Waals surface area contributed by atoms with Crippen molar-refractivity contribution in [2.45, 2.75) is 38.6 Å². The first-order chi connectivity index (χ1) is 8.52. The van der Waals surface area contributed by atoms with Crippen molar-refractivity contribution in [3.8, 4) is 0 Å². The van der Waals surface area contributed by atoms with Crippen molar-refractivity contribution in [1.29, 1.82) is 0 Å². The Balaban J connectivity index is 2.37. The summed E-state index contributed by atoms with van der Waals surface area (Å²) in [6, 6.07) is 0. The van der Waals surface area contributed by atoms with Crippen molar-refractivity contribution in [2.75, 3.05) is 26.2 Å². The molecule has 0 aromatic carbocycles. The van der Waals surface area contributed by atoms with Gasteiger partial charge in [-0.3, -0.25) is 4.79 Å². The Labute approximate surface area is 108 Å². The van der Waals surface area contributed by atoms with Crippen LogP contribution in [0.3, 0.4) is 0 Å². The van der Waals surface area contributed by atoms with Gasteiger partial charge in [0.2, 0.25) is 5.91 Å². The van der Waals surface area contributed by atoms with Crippen LogP contribution in [-0.2, 0) is 9.59 Å². The monoisotopic (exact) mass is 254 g/mol. The van der Waals surface area contributed by atoms with Crippen LogP contribution >= 0.6 is 0 Å². The third kappa shape index (κ3) is 1.90. The average molecular weight is 254 g/mol. The summed E-state index contributed by atoms with van der Waals surface area (Å²) < 4.78 is 0. The molecule has 3 fully saturated rings. The highest BCUT2D eigenvalue weighted by molar-refractivity contribution is 5.87. The SMILES string of the molecule is CCCN(C(C)=O)C1(C(=O)O)CN2CCC1CC2. The second-order valence-corrected chi connectivity index (χ2v) is 5.45. The first-order valence-electron chi connectivity index (χ1n) is 6.76. The number of piperidine rings is 3. The molecule has 3 saturated heterocycles. The second-order valence-electron chi connectivity index (χ2n) is 5.45. The van der Waals surface area contributed by atoms with E-state index in [9.17, 15) is 14.7 Å². The lowest BCUT2D eigenvalue weighted by molar-refractivity contribution is -0.174. The van der Waals surface area contributed by atoms with Gasteiger partial charge in [-0.25, -0.2) is 4.79 Å². The van der Waals surface area contributed by atoms with Gasteiger partial charge in [-0.1, -0.05) is 6.92 Å². The fourth-order valence-corrected chi connectivity index (χ4v) is 3.56. The van der Waals surface area contributed by atoms with Crippen LogP contribution in [-0.4, -0.2) is 58.5 Å². The molecule has 1 amide bonds. The Morgan fingerprint density at radius 2 is 2.00 bits per heavy atom. The van der Waals surface area contributed by atoms with Crippen LogP contribution in [0, 0.1) is 5.92 Å². The summed E-state index contributed by atoms with van der Waals surface area (Å²) in [5, 5.41) is 9.74. The standard InChI is InChI=1S/C13H22N2O3/c1-3-6-15(10(2)16)13(12(17)18)9-14-7-4-11(13)5-8-14/h11H,3-9H2,1-2H3,(H,17,18). The van der Waals surface area contributed by atoms with E-state index in [4.69, 9.17) is 0 Å². The van der Waals surface area contributed by atoms with Crippen LogP contribution < -0.4 is 0 Å². The highest BCUT2D eigenvalue weighted by Gasteiger charge is 2.56. The van der Waals surface area contributed by atoms with Crippen LogP contribution in [0.2, 0.25) is 0 Å². The molecule has 1 atom stereocenters. The van der Waals surface area contributed by atoms with Crippen molar-refractivity contribution in [3.05, 3.63) is 0 Å². The summed E-state index contributed by atoms with van der Waals surface area (Å²) in [6.07, 6.45) is 2.57. The van der Waals surface area contributed by atoms with E-state index in [0.29, 0.717) is 13.1 Å². The van der Waals surface area contributed by atoms with E-state index >= 15 is 0 Å². The van der Waals surface area contributed by atoms with Crippen LogP contribution in [0.25, 0.3) is 0 Å². The van der Waals surface area contributed by atoms with Crippen molar-refractivity contribution >= 4 is 11.9 Å². The van der Waals surface area contributed by atoms with E-state index in [1.165, 1.54) is 6.92 Å². The zero-order valence-electron chi connectivity index (χ0n) is 11.2. The molecule has 0 spiro atoms. The Hall–Kier alpha value is -1.10. The molecule has 102 valence electrons. The molecule has 2 bridgehead atoms. The van der Waals surface area contributed by atoms with Crippen LogP contribution in [0.4, 0.5) is 0 Å². The largest absolute Gasteiger partial charge is 0.479 e. The third-order valence-electron chi connectivity index (χ3n) is 4.41. The number of aliphatic carboxylic acids is 1. The fraction of sp³-hybridized carbons (Fsp3) is 0.846. The van der Waals surface area contributed by atoms with Crippen LogP contribution in [0.1, 0.15) is 33.1 Å². The second kappa shape index (κ2) is 4.88. The summed E-state index contributed by atoms with van der Waals surface area (Å²) >= 11 is 0. The minimum absolute atomic E-state index is 0.107. The van der Waals surface area contributed by atoms with E-state index < -0.39 is 11.5 Å². The molecule has 3 heterocycles. The van der Waals surface area contributed by atoms with Crippen molar-refractivity contribution in [3.63, 3.8) is 0 Å². The molecule has 0 radical (unpaired) electrons. The number of carbonyl (C=O) groups excluding carboxylic acids is 1. The molecule has 3 aliphatic heterocycles. The predicted molar refractivity (Wildman–Crippen MR) is 67.2 cm³/mol. The van der Waals surface area contributed by atoms with E-state index in [0.717, 1.165) is 32.4 Å². The number of hydrogen-bond acceptors (Lipinski definition) is 3. The maximum absolute atomic E-state index is 11.9. The number of carbonyl (C=O) groups is 2. The van der Waals surface area contributed by atoms with Gasteiger partial charge in [0.15, 0.2) is 5.54 Å². The molecule has 0 aromatic heterocycles. The smallest absolute Gasteiger partial charge is 0.331 e. The molecule has 0 aliphatic carbocycles. The molecule has 1 unspecified atom stereocenters. The van der Waals surface area contributed by atoms with Gasteiger partial charge < -0.3 is 14.9 Å². The Morgan fingerprint density at radius 1 is 1.39 bits per heavy atom. The van der Waals surface area contributed by atoms with Crippen LogP contribution in [0.5, 0.6) is 0 Å². The molecular weight excluding hydrogens is 232 g/mol. The minimum Gasteiger partial charge on any atom is -0.479 e. The fourth-order valence-electron chi connectivity index (χ4n) is 3.56. The van der Waals surface area contributed by atoms with Gasteiger partial charge in [0.25, 0.3) is 0 Å². The molecule has 5 nitrogen and oxygen atoms in total. The Morgan fingerprint density at radius 3 is 2.33 bits per heavy atom. The summed E-state index contributed by atoms with van der Waals surface area (Å²) in [4.78, 5) is 27.5. The normalized spacial score (nSPS) is 34.3.